The minimum Gasteiger partial charge on any atom is -0.550 e. The number of ether oxygens (including phenoxy) is 3. The summed E-state index contributed by atoms with van der Waals surface area (Å²) in [6.45, 7) is 0.437. The molecule has 0 unspecified atom stereocenters. The van der Waals surface area contributed by atoms with Crippen molar-refractivity contribution in [1.82, 2.24) is 0 Å². The van der Waals surface area contributed by atoms with Crippen LogP contribution in [0.2, 0.25) is 0 Å². The minimum absolute atomic E-state index is 0.152. The van der Waals surface area contributed by atoms with E-state index in [0.717, 1.165) is 0 Å². The molecule has 0 aromatic heterocycles. The number of carbonyl (C=O) groups excluding carboxylic acids is 2. The van der Waals surface area contributed by atoms with Gasteiger partial charge in [-0.1, -0.05) is 12.2 Å². The minimum atomic E-state index is -1.24. The Hall–Kier alpha value is -2.54. The summed E-state index contributed by atoms with van der Waals surface area (Å²) in [5.74, 6) is -1.98. The van der Waals surface area contributed by atoms with Crippen molar-refractivity contribution < 1.29 is 28.9 Å². The molecule has 1 amide bonds. The molecule has 5 rings (SSSR count). The van der Waals surface area contributed by atoms with Gasteiger partial charge in [0, 0.05) is 23.6 Å². The summed E-state index contributed by atoms with van der Waals surface area (Å²) < 4.78 is 16.4. The van der Waals surface area contributed by atoms with Crippen molar-refractivity contribution in [2.45, 2.75) is 11.7 Å². The third kappa shape index (κ3) is 1.52. The molecule has 4 heterocycles. The van der Waals surface area contributed by atoms with Crippen molar-refractivity contribution in [3.8, 4) is 11.5 Å². The topological polar surface area (TPSA) is 88.1 Å². The molecule has 2 bridgehead atoms. The van der Waals surface area contributed by atoms with Crippen LogP contribution in [0, 0.1) is 11.8 Å². The Morgan fingerprint density at radius 2 is 2.13 bits per heavy atom. The highest BCUT2D eigenvalue weighted by atomic mass is 16.7. The van der Waals surface area contributed by atoms with Gasteiger partial charge in [0.15, 0.2) is 11.5 Å². The highest BCUT2D eigenvalue weighted by Crippen LogP contribution is 2.52. The van der Waals surface area contributed by atoms with E-state index in [4.69, 9.17) is 14.2 Å². The summed E-state index contributed by atoms with van der Waals surface area (Å²) in [7, 11) is 0. The number of rotatable bonds is 2. The number of hydrogen-bond acceptors (Lipinski definition) is 6. The summed E-state index contributed by atoms with van der Waals surface area (Å²) >= 11 is 0. The Bertz CT molecular complexity index is 774. The summed E-state index contributed by atoms with van der Waals surface area (Å²) in [5, 5.41) is 11.4. The molecule has 118 valence electrons. The van der Waals surface area contributed by atoms with Gasteiger partial charge in [0.05, 0.1) is 18.6 Å². The molecule has 1 aromatic carbocycles. The summed E-state index contributed by atoms with van der Waals surface area (Å²) in [4.78, 5) is 25.8. The Balaban J connectivity index is 1.54. The molecule has 23 heavy (non-hydrogen) atoms. The van der Waals surface area contributed by atoms with E-state index in [-0.39, 0.29) is 19.2 Å². The predicted octanol–water partition coefficient (Wildman–Crippen LogP) is -0.548. The maximum absolute atomic E-state index is 12.8. The zero-order valence-corrected chi connectivity index (χ0v) is 11.9. The lowest BCUT2D eigenvalue weighted by atomic mass is 9.77. The molecule has 1 aromatic rings. The van der Waals surface area contributed by atoms with E-state index in [2.05, 4.69) is 0 Å². The van der Waals surface area contributed by atoms with E-state index in [1.807, 2.05) is 6.08 Å². The van der Waals surface area contributed by atoms with Crippen LogP contribution in [0.15, 0.2) is 30.4 Å². The lowest BCUT2D eigenvalue weighted by Gasteiger charge is -2.24. The van der Waals surface area contributed by atoms with Crippen molar-refractivity contribution in [3.63, 3.8) is 0 Å². The first kappa shape index (κ1) is 13.0. The number of carbonyl (C=O) groups is 2. The van der Waals surface area contributed by atoms with Crippen LogP contribution in [-0.2, 0) is 14.3 Å². The number of anilines is 1. The molecule has 7 heteroatoms. The average molecular weight is 314 g/mol. The molecular formula is C16H12NO6-. The number of aliphatic carboxylic acids is 1. The lowest BCUT2D eigenvalue weighted by Crippen LogP contribution is -2.45. The fourth-order valence-electron chi connectivity index (χ4n) is 4.04. The van der Waals surface area contributed by atoms with Gasteiger partial charge in [-0.05, 0) is 12.1 Å². The van der Waals surface area contributed by atoms with Crippen LogP contribution in [0.1, 0.15) is 0 Å². The Morgan fingerprint density at radius 3 is 2.96 bits per heavy atom. The summed E-state index contributed by atoms with van der Waals surface area (Å²) in [6.07, 6.45) is 2.95. The summed E-state index contributed by atoms with van der Waals surface area (Å²) in [5.41, 5.74) is -0.233. The Kier molecular flexibility index (Phi) is 2.28. The first-order chi connectivity index (χ1) is 11.1. The highest BCUT2D eigenvalue weighted by Gasteiger charge is 2.65. The number of fused-ring (bicyclic) bond motifs is 2. The quantitative estimate of drug-likeness (QED) is 0.681. The maximum Gasteiger partial charge on any atom is 0.234 e. The molecule has 7 nitrogen and oxygen atoms in total. The number of hydrogen-bond donors (Lipinski definition) is 0. The van der Waals surface area contributed by atoms with Crippen molar-refractivity contribution in [2.75, 3.05) is 18.2 Å². The fourth-order valence-corrected chi connectivity index (χ4v) is 4.04. The lowest BCUT2D eigenvalue weighted by molar-refractivity contribution is -0.313. The van der Waals surface area contributed by atoms with Crippen LogP contribution in [0.25, 0.3) is 0 Å². The first-order valence-electron chi connectivity index (χ1n) is 7.38. The Morgan fingerprint density at radius 1 is 1.30 bits per heavy atom. The van der Waals surface area contributed by atoms with E-state index in [9.17, 15) is 14.7 Å². The molecule has 4 atom stereocenters. The zero-order valence-electron chi connectivity index (χ0n) is 11.9. The van der Waals surface area contributed by atoms with Crippen molar-refractivity contribution in [2.24, 2.45) is 11.8 Å². The fraction of sp³-hybridized carbons (Fsp3) is 0.375. The van der Waals surface area contributed by atoms with Crippen LogP contribution in [0.4, 0.5) is 5.69 Å². The van der Waals surface area contributed by atoms with E-state index in [1.165, 1.54) is 0 Å². The van der Waals surface area contributed by atoms with E-state index in [1.54, 1.807) is 29.2 Å². The average Bonchev–Trinajstić information content (AvgIpc) is 3.26. The SMILES string of the molecule is O=C([O-])[C@H]1[C@@H]2C=C[C@]3(CN(c4ccc5c(c4)OCO5)C(=O)[C@@H]13)O2. The van der Waals surface area contributed by atoms with Crippen LogP contribution < -0.4 is 19.5 Å². The second kappa shape index (κ2) is 4.05. The van der Waals surface area contributed by atoms with Gasteiger partial charge in [-0.25, -0.2) is 0 Å². The van der Waals surface area contributed by atoms with E-state index >= 15 is 0 Å². The maximum atomic E-state index is 12.8. The molecule has 4 aliphatic rings. The van der Waals surface area contributed by atoms with Gasteiger partial charge in [0.25, 0.3) is 0 Å². The van der Waals surface area contributed by atoms with Gasteiger partial charge >= 0.3 is 0 Å². The molecule has 0 saturated carbocycles. The van der Waals surface area contributed by atoms with Crippen LogP contribution >= 0.6 is 0 Å². The van der Waals surface area contributed by atoms with Crippen LogP contribution in [0.3, 0.4) is 0 Å². The molecule has 0 N–H and O–H groups in total. The van der Waals surface area contributed by atoms with Gasteiger partial charge in [0.1, 0.15) is 5.60 Å². The number of carboxylic acid groups (broad SMARTS) is 1. The van der Waals surface area contributed by atoms with Gasteiger partial charge in [-0.2, -0.15) is 0 Å². The number of benzene rings is 1. The smallest absolute Gasteiger partial charge is 0.234 e. The van der Waals surface area contributed by atoms with Crippen LogP contribution in [-0.4, -0.2) is 36.9 Å². The van der Waals surface area contributed by atoms with Gasteiger partial charge < -0.3 is 29.0 Å². The molecule has 1 spiro atoms. The van der Waals surface area contributed by atoms with Gasteiger partial charge in [-0.3, -0.25) is 4.79 Å². The third-order valence-corrected chi connectivity index (χ3v) is 5.04. The second-order valence-electron chi connectivity index (χ2n) is 6.18. The van der Waals surface area contributed by atoms with Gasteiger partial charge in [-0.15, -0.1) is 0 Å². The molecule has 0 aliphatic carbocycles. The summed E-state index contributed by atoms with van der Waals surface area (Å²) in [6, 6.07) is 5.22. The van der Waals surface area contributed by atoms with E-state index in [0.29, 0.717) is 17.2 Å². The molecule has 2 saturated heterocycles. The number of amides is 1. The standard InChI is InChI=1S/C16H13NO6/c18-14-13-12(15(19)20)10-3-4-16(13,23-10)6-17(14)8-1-2-9-11(5-8)22-7-21-9/h1-5,10,12-13H,6-7H2,(H,19,20)/p-1/t10-,12-,13+,16+/m0/s1. The van der Waals surface area contributed by atoms with Crippen molar-refractivity contribution in [1.29, 1.82) is 0 Å². The van der Waals surface area contributed by atoms with Crippen molar-refractivity contribution >= 4 is 17.6 Å². The molecular weight excluding hydrogens is 302 g/mol. The second-order valence-corrected chi connectivity index (χ2v) is 6.18. The third-order valence-electron chi connectivity index (χ3n) is 5.04. The monoisotopic (exact) mass is 314 g/mol. The normalized spacial score (nSPS) is 35.9. The van der Waals surface area contributed by atoms with Crippen LogP contribution in [0.5, 0.6) is 11.5 Å². The first-order valence-corrected chi connectivity index (χ1v) is 7.38. The largest absolute Gasteiger partial charge is 0.550 e. The van der Waals surface area contributed by atoms with Gasteiger partial charge in [0.2, 0.25) is 12.7 Å². The highest BCUT2D eigenvalue weighted by molar-refractivity contribution is 6.02. The molecule has 4 aliphatic heterocycles. The number of carboxylic acids is 1. The van der Waals surface area contributed by atoms with E-state index < -0.39 is 29.5 Å². The molecule has 0 radical (unpaired) electrons. The Labute approximate surface area is 131 Å². The number of nitrogens with zero attached hydrogens (tertiary/aromatic N) is 1. The molecule has 2 fully saturated rings. The van der Waals surface area contributed by atoms with Crippen molar-refractivity contribution in [3.05, 3.63) is 30.4 Å². The predicted molar refractivity (Wildman–Crippen MR) is 73.6 cm³/mol. The zero-order chi connectivity index (χ0) is 15.8.